The average Bonchev–Trinajstić information content (AvgIpc) is 3.62. The molecule has 0 N–H and O–H groups in total. The maximum absolute atomic E-state index is 13.9. The summed E-state index contributed by atoms with van der Waals surface area (Å²) in [6, 6.07) is 17.0. The van der Waals surface area contributed by atoms with Crippen molar-refractivity contribution in [2.75, 3.05) is 0 Å². The van der Waals surface area contributed by atoms with Crippen LogP contribution in [-0.4, -0.2) is 19.1 Å². The van der Waals surface area contributed by atoms with E-state index in [1.807, 2.05) is 41.5 Å². The maximum Gasteiger partial charge on any atom is 0.129 e. The standard InChI is InChI=1S/C14H13N3.C13H10FN3/c15-8-11-4-6-12(7-5-11)14-3-1-2-13-9-16-10-17(13)14;14-12-5-9(6-15)1-3-11(12)13-4-2-10-7-16-8-17(10)13/h4-7,9-10,14H,1-3H2;1,3,5,7-8,13H,2,4H2/t;13-/m.1/s1. The Bertz CT molecular complexity index is 1390. The highest BCUT2D eigenvalue weighted by atomic mass is 19.1. The summed E-state index contributed by atoms with van der Waals surface area (Å²) in [6.45, 7) is 0. The fraction of sp³-hybridized carbons (Fsp3) is 0.259. The van der Waals surface area contributed by atoms with Gasteiger partial charge in [0.25, 0.3) is 0 Å². The molecule has 0 aliphatic carbocycles. The van der Waals surface area contributed by atoms with Gasteiger partial charge in [0.1, 0.15) is 5.82 Å². The Hall–Kier alpha value is -4.23. The van der Waals surface area contributed by atoms with Gasteiger partial charge in [0.05, 0.1) is 48.0 Å². The first-order valence-corrected chi connectivity index (χ1v) is 11.4. The van der Waals surface area contributed by atoms with Crippen LogP contribution in [0.4, 0.5) is 4.39 Å². The van der Waals surface area contributed by atoms with Gasteiger partial charge >= 0.3 is 0 Å². The van der Waals surface area contributed by atoms with E-state index in [4.69, 9.17) is 10.5 Å². The molecular formula is C27H23FN6. The predicted octanol–water partition coefficient (Wildman–Crippen LogP) is 5.11. The van der Waals surface area contributed by atoms with Crippen LogP contribution < -0.4 is 0 Å². The second kappa shape index (κ2) is 9.33. The molecule has 2 aliphatic rings. The third kappa shape index (κ3) is 4.09. The van der Waals surface area contributed by atoms with Gasteiger partial charge in [0.2, 0.25) is 0 Å². The van der Waals surface area contributed by atoms with Crippen molar-refractivity contribution in [3.05, 3.63) is 107 Å². The van der Waals surface area contributed by atoms with Crippen LogP contribution in [0.2, 0.25) is 0 Å². The van der Waals surface area contributed by atoms with Crippen LogP contribution in [0.1, 0.15) is 65.0 Å². The van der Waals surface area contributed by atoms with Crippen molar-refractivity contribution >= 4 is 0 Å². The van der Waals surface area contributed by atoms with Crippen LogP contribution in [0, 0.1) is 28.5 Å². The van der Waals surface area contributed by atoms with E-state index in [-0.39, 0.29) is 11.9 Å². The molecule has 34 heavy (non-hydrogen) atoms. The minimum atomic E-state index is -0.310. The zero-order valence-electron chi connectivity index (χ0n) is 18.6. The van der Waals surface area contributed by atoms with Crippen LogP contribution in [0.5, 0.6) is 0 Å². The van der Waals surface area contributed by atoms with Gasteiger partial charge in [0.15, 0.2) is 0 Å². The Kier molecular flexibility index (Phi) is 5.93. The lowest BCUT2D eigenvalue weighted by atomic mass is 9.96. The number of nitriles is 2. The third-order valence-corrected chi connectivity index (χ3v) is 6.66. The number of fused-ring (bicyclic) bond motifs is 2. The molecule has 0 spiro atoms. The fourth-order valence-electron chi connectivity index (χ4n) is 4.93. The van der Waals surface area contributed by atoms with Gasteiger partial charge in [-0.15, -0.1) is 0 Å². The van der Waals surface area contributed by atoms with Crippen molar-refractivity contribution in [2.45, 2.75) is 44.2 Å². The lowest BCUT2D eigenvalue weighted by Crippen LogP contribution is -2.17. The normalized spacial score (nSPS) is 18.1. The summed E-state index contributed by atoms with van der Waals surface area (Å²) in [6.07, 6.45) is 12.7. The van der Waals surface area contributed by atoms with Gasteiger partial charge in [-0.3, -0.25) is 0 Å². The quantitative estimate of drug-likeness (QED) is 0.425. The van der Waals surface area contributed by atoms with Gasteiger partial charge < -0.3 is 9.13 Å². The number of benzene rings is 2. The van der Waals surface area contributed by atoms with Crippen molar-refractivity contribution < 1.29 is 4.39 Å². The van der Waals surface area contributed by atoms with Crippen molar-refractivity contribution in [1.82, 2.24) is 19.1 Å². The molecule has 0 saturated carbocycles. The molecule has 168 valence electrons. The number of nitrogens with zero attached hydrogens (tertiary/aromatic N) is 6. The van der Waals surface area contributed by atoms with E-state index < -0.39 is 0 Å². The molecule has 6 nitrogen and oxygen atoms in total. The van der Waals surface area contributed by atoms with Crippen LogP contribution in [0.3, 0.4) is 0 Å². The lowest BCUT2D eigenvalue weighted by Gasteiger charge is -2.25. The zero-order valence-corrected chi connectivity index (χ0v) is 18.6. The fourth-order valence-corrected chi connectivity index (χ4v) is 4.93. The van der Waals surface area contributed by atoms with E-state index in [1.54, 1.807) is 18.5 Å². The van der Waals surface area contributed by atoms with Crippen molar-refractivity contribution in [3.8, 4) is 12.1 Å². The predicted molar refractivity (Wildman–Crippen MR) is 124 cm³/mol. The molecule has 0 fully saturated rings. The first kappa shape index (κ1) is 21.6. The van der Waals surface area contributed by atoms with E-state index in [0.29, 0.717) is 17.2 Å². The highest BCUT2D eigenvalue weighted by Crippen LogP contribution is 2.33. The van der Waals surface area contributed by atoms with Crippen molar-refractivity contribution in [2.24, 2.45) is 0 Å². The molecule has 2 aromatic carbocycles. The van der Waals surface area contributed by atoms with Gasteiger partial charge in [-0.25, -0.2) is 14.4 Å². The summed E-state index contributed by atoms with van der Waals surface area (Å²) in [5.74, 6) is -0.310. The van der Waals surface area contributed by atoms with Crippen LogP contribution in [0.25, 0.3) is 0 Å². The average molecular weight is 451 g/mol. The minimum absolute atomic E-state index is 0.0141. The molecule has 6 rings (SSSR count). The molecule has 0 radical (unpaired) electrons. The number of imidazole rings is 2. The Morgan fingerprint density at radius 1 is 0.794 bits per heavy atom. The molecule has 0 bridgehead atoms. The molecule has 0 amide bonds. The van der Waals surface area contributed by atoms with Crippen molar-refractivity contribution in [1.29, 1.82) is 10.5 Å². The summed E-state index contributed by atoms with van der Waals surface area (Å²) in [4.78, 5) is 8.29. The highest BCUT2D eigenvalue weighted by Gasteiger charge is 2.25. The summed E-state index contributed by atoms with van der Waals surface area (Å²) in [7, 11) is 0. The van der Waals surface area contributed by atoms with Gasteiger partial charge in [-0.2, -0.15) is 10.5 Å². The van der Waals surface area contributed by atoms with E-state index in [1.165, 1.54) is 23.7 Å². The van der Waals surface area contributed by atoms with Crippen LogP contribution in [-0.2, 0) is 12.8 Å². The van der Waals surface area contributed by atoms with Crippen LogP contribution >= 0.6 is 0 Å². The summed E-state index contributed by atoms with van der Waals surface area (Å²) in [5.41, 5.74) is 5.43. The molecule has 2 atom stereocenters. The smallest absolute Gasteiger partial charge is 0.129 e. The topological polar surface area (TPSA) is 83.2 Å². The Morgan fingerprint density at radius 3 is 2.12 bits per heavy atom. The summed E-state index contributed by atoms with van der Waals surface area (Å²) < 4.78 is 18.2. The number of rotatable bonds is 2. The second-order valence-corrected chi connectivity index (χ2v) is 8.63. The molecule has 4 heterocycles. The molecule has 2 aliphatic heterocycles. The van der Waals surface area contributed by atoms with Crippen molar-refractivity contribution in [3.63, 3.8) is 0 Å². The Labute approximate surface area is 197 Å². The molecular weight excluding hydrogens is 427 g/mol. The minimum Gasteiger partial charge on any atom is -0.327 e. The molecule has 0 saturated heterocycles. The summed E-state index contributed by atoms with van der Waals surface area (Å²) in [5, 5.41) is 17.5. The van der Waals surface area contributed by atoms with E-state index >= 15 is 0 Å². The molecule has 2 aromatic heterocycles. The van der Waals surface area contributed by atoms with Gasteiger partial charge in [-0.05, 0) is 61.9 Å². The number of halogens is 1. The number of hydrogen-bond acceptors (Lipinski definition) is 4. The number of aromatic nitrogens is 4. The van der Waals surface area contributed by atoms with Gasteiger partial charge in [0, 0.05) is 29.3 Å². The summed E-state index contributed by atoms with van der Waals surface area (Å²) >= 11 is 0. The number of aryl methyl sites for hydroxylation is 2. The van der Waals surface area contributed by atoms with E-state index in [2.05, 4.69) is 32.7 Å². The Morgan fingerprint density at radius 2 is 1.44 bits per heavy atom. The molecule has 1 unspecified atom stereocenters. The lowest BCUT2D eigenvalue weighted by molar-refractivity contribution is 0.458. The maximum atomic E-state index is 13.9. The van der Waals surface area contributed by atoms with E-state index in [0.717, 1.165) is 36.9 Å². The van der Waals surface area contributed by atoms with Crippen LogP contribution in [0.15, 0.2) is 67.5 Å². The third-order valence-electron chi connectivity index (χ3n) is 6.66. The highest BCUT2D eigenvalue weighted by molar-refractivity contribution is 5.36. The first-order chi connectivity index (χ1) is 16.7. The zero-order chi connectivity index (χ0) is 23.5. The van der Waals surface area contributed by atoms with E-state index in [9.17, 15) is 4.39 Å². The SMILES string of the molecule is N#Cc1ccc(C2CCCc3cncn32)cc1.N#Cc1ccc([C@H]2CCc3cncn32)c(F)c1. The monoisotopic (exact) mass is 450 g/mol. The number of hydrogen-bond donors (Lipinski definition) is 0. The second-order valence-electron chi connectivity index (χ2n) is 8.63. The van der Waals surface area contributed by atoms with Gasteiger partial charge in [-0.1, -0.05) is 18.2 Å². The molecule has 4 aromatic rings. The Balaban J connectivity index is 0.000000142. The largest absolute Gasteiger partial charge is 0.327 e. The first-order valence-electron chi connectivity index (χ1n) is 11.4. The molecule has 7 heteroatoms.